The minimum Gasteiger partial charge on any atom is -0.460 e. The van der Waals surface area contributed by atoms with Crippen LogP contribution in [0.15, 0.2) is 12.2 Å². The molecule has 0 aliphatic carbocycles. The summed E-state index contributed by atoms with van der Waals surface area (Å²) in [6.45, 7) is 7.83. The fourth-order valence-corrected chi connectivity index (χ4v) is 0.655. The van der Waals surface area contributed by atoms with E-state index >= 15 is 0 Å². The van der Waals surface area contributed by atoms with Gasteiger partial charge in [-0.2, -0.15) is 0 Å². The lowest BCUT2D eigenvalue weighted by Gasteiger charge is -2.06. The van der Waals surface area contributed by atoms with Gasteiger partial charge in [-0.25, -0.2) is 9.59 Å². The van der Waals surface area contributed by atoms with Gasteiger partial charge in [0, 0.05) is 12.1 Å². The maximum atomic E-state index is 10.9. The number of hydrogen-bond acceptors (Lipinski definition) is 3. The predicted octanol–water partition coefficient (Wildman–Crippen LogP) is 0.425. The van der Waals surface area contributed by atoms with E-state index in [1.807, 2.05) is 6.92 Å². The highest BCUT2D eigenvalue weighted by Crippen LogP contribution is 1.90. The Bertz CT molecular complexity index is 226. The van der Waals surface area contributed by atoms with Crippen molar-refractivity contribution in [2.24, 2.45) is 0 Å². The summed E-state index contributed by atoms with van der Waals surface area (Å²) in [5.41, 5.74) is 0.350. The molecule has 5 nitrogen and oxygen atoms in total. The molecule has 0 radical (unpaired) electrons. The standard InChI is InChI=1S/C9H16N2O3/c1-4-10-9(13)11-5-6-14-8(12)7(2)3/h2,4-6H2,1,3H3,(H2,10,11,13). The lowest BCUT2D eigenvalue weighted by Crippen LogP contribution is -2.37. The van der Waals surface area contributed by atoms with E-state index in [2.05, 4.69) is 17.2 Å². The highest BCUT2D eigenvalue weighted by molar-refractivity contribution is 5.86. The van der Waals surface area contributed by atoms with E-state index in [4.69, 9.17) is 4.74 Å². The summed E-state index contributed by atoms with van der Waals surface area (Å²) >= 11 is 0. The molecule has 2 amide bonds. The van der Waals surface area contributed by atoms with Crippen molar-refractivity contribution in [3.05, 3.63) is 12.2 Å². The molecular weight excluding hydrogens is 184 g/mol. The number of ether oxygens (including phenoxy) is 1. The van der Waals surface area contributed by atoms with Crippen molar-refractivity contribution >= 4 is 12.0 Å². The van der Waals surface area contributed by atoms with Crippen molar-refractivity contribution in [2.45, 2.75) is 13.8 Å². The van der Waals surface area contributed by atoms with Crippen molar-refractivity contribution in [3.63, 3.8) is 0 Å². The van der Waals surface area contributed by atoms with E-state index in [-0.39, 0.29) is 12.6 Å². The second-order valence-corrected chi connectivity index (χ2v) is 2.70. The van der Waals surface area contributed by atoms with Gasteiger partial charge in [-0.1, -0.05) is 6.58 Å². The maximum absolute atomic E-state index is 10.9. The van der Waals surface area contributed by atoms with E-state index in [0.717, 1.165) is 0 Å². The molecule has 2 N–H and O–H groups in total. The Balaban J connectivity index is 3.42. The summed E-state index contributed by atoms with van der Waals surface area (Å²) in [6, 6.07) is -0.265. The first kappa shape index (κ1) is 12.5. The Morgan fingerprint density at radius 2 is 2.00 bits per heavy atom. The summed E-state index contributed by atoms with van der Waals surface area (Å²) in [5, 5.41) is 5.07. The van der Waals surface area contributed by atoms with Crippen LogP contribution < -0.4 is 10.6 Å². The van der Waals surface area contributed by atoms with Crippen LogP contribution in [0, 0.1) is 0 Å². The summed E-state index contributed by atoms with van der Waals surface area (Å²) in [4.78, 5) is 21.7. The van der Waals surface area contributed by atoms with Crippen molar-refractivity contribution in [2.75, 3.05) is 19.7 Å². The molecule has 0 unspecified atom stereocenters. The Kier molecular flexibility index (Phi) is 6.19. The third-order valence-electron chi connectivity index (χ3n) is 1.31. The Morgan fingerprint density at radius 3 is 2.50 bits per heavy atom. The number of carbonyl (C=O) groups excluding carboxylic acids is 2. The van der Waals surface area contributed by atoms with Crippen LogP contribution >= 0.6 is 0 Å². The number of esters is 1. The summed E-state index contributed by atoms with van der Waals surface area (Å²) < 4.78 is 4.75. The number of urea groups is 1. The molecule has 0 fully saturated rings. The molecule has 0 rings (SSSR count). The zero-order valence-electron chi connectivity index (χ0n) is 8.55. The van der Waals surface area contributed by atoms with E-state index in [1.165, 1.54) is 0 Å². The van der Waals surface area contributed by atoms with Crippen LogP contribution in [-0.4, -0.2) is 31.7 Å². The normalized spacial score (nSPS) is 9.00. The van der Waals surface area contributed by atoms with Crippen LogP contribution in [0.3, 0.4) is 0 Å². The first-order valence-electron chi connectivity index (χ1n) is 4.42. The van der Waals surface area contributed by atoms with E-state index in [9.17, 15) is 9.59 Å². The molecular formula is C9H16N2O3. The van der Waals surface area contributed by atoms with Gasteiger partial charge in [-0.15, -0.1) is 0 Å². The molecule has 0 aliphatic heterocycles. The van der Waals surface area contributed by atoms with Crippen LogP contribution in [0.1, 0.15) is 13.8 Å². The van der Waals surface area contributed by atoms with Gasteiger partial charge in [-0.05, 0) is 13.8 Å². The zero-order chi connectivity index (χ0) is 11.0. The monoisotopic (exact) mass is 200 g/mol. The summed E-state index contributed by atoms with van der Waals surface area (Å²) in [5.74, 6) is -0.442. The topological polar surface area (TPSA) is 67.4 Å². The number of nitrogens with one attached hydrogen (secondary N) is 2. The van der Waals surface area contributed by atoms with E-state index < -0.39 is 5.97 Å². The summed E-state index contributed by atoms with van der Waals surface area (Å²) in [6.07, 6.45) is 0. The first-order chi connectivity index (χ1) is 6.57. The first-order valence-corrected chi connectivity index (χ1v) is 4.42. The molecule has 0 saturated carbocycles. The van der Waals surface area contributed by atoms with Crippen LogP contribution in [0.25, 0.3) is 0 Å². The van der Waals surface area contributed by atoms with E-state index in [1.54, 1.807) is 6.92 Å². The van der Waals surface area contributed by atoms with Crippen LogP contribution in [0.4, 0.5) is 4.79 Å². The molecule has 0 saturated heterocycles. The third-order valence-corrected chi connectivity index (χ3v) is 1.31. The average Bonchev–Trinajstić information content (AvgIpc) is 2.12. The average molecular weight is 200 g/mol. The molecule has 0 spiro atoms. The van der Waals surface area contributed by atoms with Gasteiger partial charge < -0.3 is 15.4 Å². The fraction of sp³-hybridized carbons (Fsp3) is 0.556. The van der Waals surface area contributed by atoms with Crippen molar-refractivity contribution < 1.29 is 14.3 Å². The SMILES string of the molecule is C=C(C)C(=O)OCCNC(=O)NCC. The number of hydrogen-bond donors (Lipinski definition) is 2. The molecule has 0 heterocycles. The highest BCUT2D eigenvalue weighted by atomic mass is 16.5. The molecule has 0 bridgehead atoms. The van der Waals surface area contributed by atoms with Crippen LogP contribution in [0.5, 0.6) is 0 Å². The number of amides is 2. The molecule has 5 heteroatoms. The quantitative estimate of drug-likeness (QED) is 0.384. The Hall–Kier alpha value is -1.52. The Morgan fingerprint density at radius 1 is 1.36 bits per heavy atom. The van der Waals surface area contributed by atoms with Gasteiger partial charge in [-0.3, -0.25) is 0 Å². The molecule has 14 heavy (non-hydrogen) atoms. The van der Waals surface area contributed by atoms with Gasteiger partial charge in [0.05, 0.1) is 6.54 Å². The van der Waals surface area contributed by atoms with Crippen molar-refractivity contribution in [3.8, 4) is 0 Å². The highest BCUT2D eigenvalue weighted by Gasteiger charge is 2.02. The largest absolute Gasteiger partial charge is 0.460 e. The smallest absolute Gasteiger partial charge is 0.333 e. The zero-order valence-corrected chi connectivity index (χ0v) is 8.55. The van der Waals surface area contributed by atoms with E-state index in [0.29, 0.717) is 18.7 Å². The van der Waals surface area contributed by atoms with Gasteiger partial charge >= 0.3 is 12.0 Å². The fourth-order valence-electron chi connectivity index (χ4n) is 0.655. The van der Waals surface area contributed by atoms with Crippen molar-refractivity contribution in [1.82, 2.24) is 10.6 Å². The molecule has 80 valence electrons. The summed E-state index contributed by atoms with van der Waals surface area (Å²) in [7, 11) is 0. The van der Waals surface area contributed by atoms with Crippen LogP contribution in [-0.2, 0) is 9.53 Å². The Labute approximate surface area is 83.5 Å². The van der Waals surface area contributed by atoms with Gasteiger partial charge in [0.2, 0.25) is 0 Å². The second kappa shape index (κ2) is 6.94. The lowest BCUT2D eigenvalue weighted by atomic mass is 10.4. The minimum atomic E-state index is -0.442. The van der Waals surface area contributed by atoms with Gasteiger partial charge in [0.15, 0.2) is 0 Å². The van der Waals surface area contributed by atoms with Crippen LogP contribution in [0.2, 0.25) is 0 Å². The molecule has 0 aliphatic rings. The van der Waals surface area contributed by atoms with Gasteiger partial charge in [0.1, 0.15) is 6.61 Å². The number of carbonyl (C=O) groups is 2. The molecule has 0 aromatic carbocycles. The molecule has 0 aromatic rings. The van der Waals surface area contributed by atoms with Crippen molar-refractivity contribution in [1.29, 1.82) is 0 Å². The third kappa shape index (κ3) is 6.05. The van der Waals surface area contributed by atoms with Gasteiger partial charge in [0.25, 0.3) is 0 Å². The molecule has 0 atom stereocenters. The lowest BCUT2D eigenvalue weighted by molar-refractivity contribution is -0.138. The second-order valence-electron chi connectivity index (χ2n) is 2.70. The minimum absolute atomic E-state index is 0.156. The molecule has 0 aromatic heterocycles. The predicted molar refractivity (Wildman–Crippen MR) is 52.8 cm³/mol. The maximum Gasteiger partial charge on any atom is 0.333 e. The number of rotatable bonds is 5.